The van der Waals surface area contributed by atoms with Crippen molar-refractivity contribution in [1.82, 2.24) is 4.98 Å². The number of rotatable bonds is 7. The summed E-state index contributed by atoms with van der Waals surface area (Å²) in [6, 6.07) is 15.4. The lowest BCUT2D eigenvalue weighted by atomic mass is 9.95. The molecule has 1 amide bonds. The highest BCUT2D eigenvalue weighted by Crippen LogP contribution is 2.46. The van der Waals surface area contributed by atoms with Crippen molar-refractivity contribution >= 4 is 44.1 Å². The Bertz CT molecular complexity index is 1590. The molecule has 1 aliphatic rings. The molecule has 5 rings (SSSR count). The van der Waals surface area contributed by atoms with Gasteiger partial charge in [-0.2, -0.15) is 0 Å². The lowest BCUT2D eigenvalue weighted by Crippen LogP contribution is -2.29. The smallest absolute Gasteiger partial charge is 0.301 e. The van der Waals surface area contributed by atoms with Crippen molar-refractivity contribution in [1.29, 1.82) is 0 Å². The van der Waals surface area contributed by atoms with E-state index < -0.39 is 17.7 Å². The zero-order valence-corrected chi connectivity index (χ0v) is 21.6. The van der Waals surface area contributed by atoms with Crippen LogP contribution >= 0.6 is 11.3 Å². The fraction of sp³-hybridized carbons (Fsp3) is 0.179. The van der Waals surface area contributed by atoms with Gasteiger partial charge in [0.15, 0.2) is 16.6 Å². The second-order valence-corrected chi connectivity index (χ2v) is 9.40. The van der Waals surface area contributed by atoms with Crippen molar-refractivity contribution in [2.45, 2.75) is 13.0 Å². The predicted molar refractivity (Wildman–Crippen MR) is 143 cm³/mol. The van der Waals surface area contributed by atoms with Crippen LogP contribution in [0.1, 0.15) is 24.1 Å². The Kier molecular flexibility index (Phi) is 6.64. The summed E-state index contributed by atoms with van der Waals surface area (Å²) in [6.07, 6.45) is 0. The average Bonchev–Trinajstić information content (AvgIpc) is 3.47. The zero-order chi connectivity index (χ0) is 27.0. The maximum absolute atomic E-state index is 13.5. The van der Waals surface area contributed by atoms with E-state index in [1.54, 1.807) is 68.6 Å². The number of nitrogens with zero attached hydrogens (tertiary/aromatic N) is 2. The number of benzene rings is 3. The molecule has 1 aliphatic heterocycles. The van der Waals surface area contributed by atoms with E-state index in [0.717, 1.165) is 4.70 Å². The Morgan fingerprint density at radius 2 is 1.79 bits per heavy atom. The molecule has 1 aromatic heterocycles. The Morgan fingerprint density at radius 1 is 1.03 bits per heavy atom. The van der Waals surface area contributed by atoms with Gasteiger partial charge >= 0.3 is 5.91 Å². The first-order valence-corrected chi connectivity index (χ1v) is 12.5. The average molecular weight is 533 g/mol. The van der Waals surface area contributed by atoms with E-state index in [-0.39, 0.29) is 28.0 Å². The van der Waals surface area contributed by atoms with Crippen LogP contribution in [0.15, 0.2) is 66.2 Å². The summed E-state index contributed by atoms with van der Waals surface area (Å²) in [4.78, 5) is 32.9. The number of hydrogen-bond donors (Lipinski definition) is 2. The van der Waals surface area contributed by atoms with Crippen LogP contribution in [-0.2, 0) is 9.59 Å². The van der Waals surface area contributed by atoms with Gasteiger partial charge in [0.2, 0.25) is 0 Å². The highest BCUT2D eigenvalue weighted by Gasteiger charge is 2.48. The number of ketones is 1. The SMILES string of the molecule is CCOc1cc(C2/C(=C(\O)c3cccc(OC)c3)C(=O)C(=O)N2c2nc3ccc(OC)cc3s2)ccc1O. The number of fused-ring (bicyclic) bond motifs is 1. The van der Waals surface area contributed by atoms with Gasteiger partial charge in [0.25, 0.3) is 5.78 Å². The third-order valence-corrected chi connectivity index (χ3v) is 7.19. The fourth-order valence-corrected chi connectivity index (χ4v) is 5.39. The summed E-state index contributed by atoms with van der Waals surface area (Å²) in [5.41, 5.74) is 1.27. The highest BCUT2D eigenvalue weighted by atomic mass is 32.1. The molecule has 0 saturated carbocycles. The minimum absolute atomic E-state index is 0.0903. The molecule has 194 valence electrons. The third kappa shape index (κ3) is 4.28. The number of hydrogen-bond acceptors (Lipinski definition) is 9. The predicted octanol–water partition coefficient (Wildman–Crippen LogP) is 5.04. The van der Waals surface area contributed by atoms with E-state index in [9.17, 15) is 19.8 Å². The number of methoxy groups -OCH3 is 2. The van der Waals surface area contributed by atoms with Crippen LogP contribution in [0.3, 0.4) is 0 Å². The number of carbonyl (C=O) groups is 2. The summed E-state index contributed by atoms with van der Waals surface area (Å²) in [6.45, 7) is 2.07. The summed E-state index contributed by atoms with van der Waals surface area (Å²) in [5, 5.41) is 21.9. The topological polar surface area (TPSA) is 118 Å². The largest absolute Gasteiger partial charge is 0.507 e. The van der Waals surface area contributed by atoms with Crippen LogP contribution in [0.2, 0.25) is 0 Å². The molecule has 2 heterocycles. The quantitative estimate of drug-likeness (QED) is 0.193. The first-order chi connectivity index (χ1) is 18.4. The number of amides is 1. The number of ether oxygens (including phenoxy) is 3. The summed E-state index contributed by atoms with van der Waals surface area (Å²) in [5.74, 6) is -0.857. The van der Waals surface area contributed by atoms with Crippen molar-refractivity contribution in [3.05, 3.63) is 77.4 Å². The molecule has 1 unspecified atom stereocenters. The van der Waals surface area contributed by atoms with Crippen LogP contribution in [0.4, 0.5) is 5.13 Å². The molecule has 9 nitrogen and oxygen atoms in total. The monoisotopic (exact) mass is 532 g/mol. The highest BCUT2D eigenvalue weighted by molar-refractivity contribution is 7.22. The lowest BCUT2D eigenvalue weighted by molar-refractivity contribution is -0.132. The molecule has 3 aromatic carbocycles. The number of aliphatic hydroxyl groups excluding tert-OH is 1. The number of aromatic hydroxyl groups is 1. The lowest BCUT2D eigenvalue weighted by Gasteiger charge is -2.23. The number of phenolic OH excluding ortho intramolecular Hbond substituents is 1. The first kappa shape index (κ1) is 25.1. The van der Waals surface area contributed by atoms with Gasteiger partial charge in [-0.3, -0.25) is 14.5 Å². The van der Waals surface area contributed by atoms with Gasteiger partial charge in [-0.15, -0.1) is 0 Å². The molecular weight excluding hydrogens is 508 g/mol. The Balaban J connectivity index is 1.73. The second-order valence-electron chi connectivity index (χ2n) is 8.39. The minimum Gasteiger partial charge on any atom is -0.507 e. The number of aromatic nitrogens is 1. The first-order valence-electron chi connectivity index (χ1n) is 11.7. The van der Waals surface area contributed by atoms with E-state index in [1.165, 1.54) is 29.4 Å². The van der Waals surface area contributed by atoms with Crippen LogP contribution in [0, 0.1) is 0 Å². The van der Waals surface area contributed by atoms with Gasteiger partial charge in [0, 0.05) is 5.56 Å². The molecule has 0 aliphatic carbocycles. The van der Waals surface area contributed by atoms with Crippen molar-refractivity contribution in [2.24, 2.45) is 0 Å². The second kappa shape index (κ2) is 10.1. The van der Waals surface area contributed by atoms with Gasteiger partial charge in [-0.25, -0.2) is 4.98 Å². The number of Topliss-reactive ketones (excluding diaryl/α,β-unsaturated/α-hetero) is 1. The zero-order valence-electron chi connectivity index (χ0n) is 20.8. The number of phenols is 1. The van der Waals surface area contributed by atoms with Crippen molar-refractivity contribution < 1.29 is 34.0 Å². The Labute approximate surface area is 222 Å². The van der Waals surface area contributed by atoms with E-state index in [2.05, 4.69) is 4.98 Å². The Hall–Kier alpha value is -4.57. The molecular formula is C28H24N2O7S. The standard InChI is InChI=1S/C28H24N2O7S/c1-4-37-21-13-15(8-11-20(21)31)24-23(25(32)16-6-5-7-17(12-16)35-2)26(33)27(34)30(24)28-29-19-10-9-18(36-3)14-22(19)38-28/h5-14,24,31-32H,4H2,1-3H3/b25-23+. The molecule has 1 fully saturated rings. The minimum atomic E-state index is -1.04. The molecule has 1 saturated heterocycles. The number of aliphatic hydroxyl groups is 1. The van der Waals surface area contributed by atoms with Crippen LogP contribution in [0.5, 0.6) is 23.0 Å². The third-order valence-electron chi connectivity index (χ3n) is 6.18. The van der Waals surface area contributed by atoms with Crippen molar-refractivity contribution in [3.8, 4) is 23.0 Å². The van der Waals surface area contributed by atoms with Crippen LogP contribution in [0.25, 0.3) is 16.0 Å². The van der Waals surface area contributed by atoms with Gasteiger partial charge in [-0.05, 0) is 55.0 Å². The van der Waals surface area contributed by atoms with E-state index in [0.29, 0.717) is 34.7 Å². The number of anilines is 1. The number of thiazole rings is 1. The normalized spacial score (nSPS) is 16.7. The summed E-state index contributed by atoms with van der Waals surface area (Å²) in [7, 11) is 3.05. The fourth-order valence-electron chi connectivity index (χ4n) is 4.37. The Morgan fingerprint density at radius 3 is 2.53 bits per heavy atom. The molecule has 2 N–H and O–H groups in total. The van der Waals surface area contributed by atoms with Gasteiger partial charge in [0.05, 0.1) is 42.7 Å². The van der Waals surface area contributed by atoms with Crippen LogP contribution in [-0.4, -0.2) is 47.7 Å². The molecule has 10 heteroatoms. The summed E-state index contributed by atoms with van der Waals surface area (Å²) < 4.78 is 16.9. The van der Waals surface area contributed by atoms with Gasteiger partial charge < -0.3 is 24.4 Å². The van der Waals surface area contributed by atoms with Crippen LogP contribution < -0.4 is 19.1 Å². The van der Waals surface area contributed by atoms with Crippen molar-refractivity contribution in [2.75, 3.05) is 25.7 Å². The maximum atomic E-state index is 13.5. The molecule has 0 radical (unpaired) electrons. The number of carbonyl (C=O) groups excluding carboxylic acids is 2. The van der Waals surface area contributed by atoms with E-state index in [1.807, 2.05) is 0 Å². The van der Waals surface area contributed by atoms with E-state index >= 15 is 0 Å². The molecule has 4 aromatic rings. The molecule has 0 spiro atoms. The van der Waals surface area contributed by atoms with Gasteiger partial charge in [0.1, 0.15) is 17.3 Å². The van der Waals surface area contributed by atoms with Crippen molar-refractivity contribution in [3.63, 3.8) is 0 Å². The maximum Gasteiger partial charge on any atom is 0.301 e. The molecule has 38 heavy (non-hydrogen) atoms. The van der Waals surface area contributed by atoms with E-state index in [4.69, 9.17) is 14.2 Å². The molecule has 1 atom stereocenters. The summed E-state index contributed by atoms with van der Waals surface area (Å²) >= 11 is 1.22. The van der Waals surface area contributed by atoms with Gasteiger partial charge in [-0.1, -0.05) is 29.5 Å². The molecule has 0 bridgehead atoms.